The van der Waals surface area contributed by atoms with E-state index in [0.29, 0.717) is 5.54 Å². The topological polar surface area (TPSA) is 24.9 Å². The number of nitrogens with zero attached hydrogens (tertiary/aromatic N) is 1. The number of rotatable bonds is 4. The summed E-state index contributed by atoms with van der Waals surface area (Å²) in [6.45, 7) is 3.39. The highest BCUT2D eigenvalue weighted by Crippen LogP contribution is 2.30. The van der Waals surface area contributed by atoms with Gasteiger partial charge in [-0.05, 0) is 50.8 Å². The maximum Gasteiger partial charge on any atom is 0.0300 e. The van der Waals surface area contributed by atoms with Crippen LogP contribution in [0.4, 0.5) is 0 Å². The molecule has 0 saturated heterocycles. The van der Waals surface area contributed by atoms with E-state index in [2.05, 4.69) is 23.3 Å². The minimum atomic E-state index is 0.433. The van der Waals surface area contributed by atoms with Gasteiger partial charge in [-0.3, -0.25) is 4.98 Å². The molecule has 0 radical (unpaired) electrons. The molecule has 0 amide bonds. The van der Waals surface area contributed by atoms with Crippen LogP contribution in [-0.4, -0.2) is 17.1 Å². The molecular formula is C12H18N2. The molecule has 1 saturated carbocycles. The van der Waals surface area contributed by atoms with Crippen molar-refractivity contribution >= 4 is 0 Å². The third-order valence-corrected chi connectivity index (χ3v) is 3.15. The predicted octanol–water partition coefficient (Wildman–Crippen LogP) is 2.16. The zero-order valence-electron chi connectivity index (χ0n) is 8.79. The Hall–Kier alpha value is -0.890. The van der Waals surface area contributed by atoms with Crippen LogP contribution in [0, 0.1) is 0 Å². The summed E-state index contributed by atoms with van der Waals surface area (Å²) >= 11 is 0. The first-order valence-corrected chi connectivity index (χ1v) is 5.42. The van der Waals surface area contributed by atoms with E-state index < -0.39 is 0 Å². The first-order valence-electron chi connectivity index (χ1n) is 5.42. The number of hydrogen-bond donors (Lipinski definition) is 1. The van der Waals surface area contributed by atoms with Crippen LogP contribution in [0.25, 0.3) is 0 Å². The van der Waals surface area contributed by atoms with Crippen molar-refractivity contribution in [1.29, 1.82) is 0 Å². The van der Waals surface area contributed by atoms with Crippen LogP contribution >= 0.6 is 0 Å². The van der Waals surface area contributed by atoms with Crippen LogP contribution in [0.5, 0.6) is 0 Å². The van der Waals surface area contributed by atoms with E-state index in [9.17, 15) is 0 Å². The highest BCUT2D eigenvalue weighted by Gasteiger charge is 2.30. The summed E-state index contributed by atoms with van der Waals surface area (Å²) in [5.41, 5.74) is 1.75. The molecule has 76 valence electrons. The lowest BCUT2D eigenvalue weighted by molar-refractivity contribution is 0.210. The molecule has 0 unspecified atom stereocenters. The summed E-state index contributed by atoms with van der Waals surface area (Å²) in [5, 5.41) is 3.62. The number of hydrogen-bond acceptors (Lipinski definition) is 2. The minimum absolute atomic E-state index is 0.433. The normalized spacial score (nSPS) is 18.9. The summed E-state index contributed by atoms with van der Waals surface area (Å²) in [7, 11) is 0. The summed E-state index contributed by atoms with van der Waals surface area (Å²) in [5.74, 6) is 0. The molecule has 1 aromatic rings. The van der Waals surface area contributed by atoms with Crippen LogP contribution in [0.2, 0.25) is 0 Å². The van der Waals surface area contributed by atoms with Gasteiger partial charge in [0.25, 0.3) is 0 Å². The molecule has 1 fully saturated rings. The molecule has 1 aromatic heterocycles. The molecule has 14 heavy (non-hydrogen) atoms. The van der Waals surface area contributed by atoms with Gasteiger partial charge in [-0.2, -0.15) is 0 Å². The molecule has 0 aromatic carbocycles. The lowest BCUT2D eigenvalue weighted by Gasteiger charge is -2.39. The van der Waals surface area contributed by atoms with Crippen molar-refractivity contribution in [3.63, 3.8) is 0 Å². The maximum atomic E-state index is 4.11. The molecule has 2 rings (SSSR count). The third kappa shape index (κ3) is 2.32. The molecule has 1 aliphatic rings. The van der Waals surface area contributed by atoms with Crippen molar-refractivity contribution in [3.8, 4) is 0 Å². The van der Waals surface area contributed by atoms with E-state index >= 15 is 0 Å². The highest BCUT2D eigenvalue weighted by atomic mass is 15.0. The minimum Gasteiger partial charge on any atom is -0.311 e. The van der Waals surface area contributed by atoms with E-state index in [4.69, 9.17) is 0 Å². The fourth-order valence-electron chi connectivity index (χ4n) is 1.94. The first kappa shape index (κ1) is 9.66. The van der Waals surface area contributed by atoms with Crippen LogP contribution in [-0.2, 0) is 6.42 Å². The van der Waals surface area contributed by atoms with Gasteiger partial charge in [-0.25, -0.2) is 0 Å². The summed E-state index contributed by atoms with van der Waals surface area (Å²) in [4.78, 5) is 4.11. The highest BCUT2D eigenvalue weighted by molar-refractivity contribution is 5.09. The molecular weight excluding hydrogens is 172 g/mol. The van der Waals surface area contributed by atoms with E-state index in [1.165, 1.54) is 24.8 Å². The summed E-state index contributed by atoms with van der Waals surface area (Å²) in [6.07, 6.45) is 8.91. The Kier molecular flexibility index (Phi) is 2.82. The molecule has 1 aliphatic carbocycles. The second-order valence-electron chi connectivity index (χ2n) is 4.45. The molecule has 1 heterocycles. The van der Waals surface area contributed by atoms with Gasteiger partial charge < -0.3 is 5.32 Å². The van der Waals surface area contributed by atoms with Gasteiger partial charge in [-0.15, -0.1) is 0 Å². The van der Waals surface area contributed by atoms with Gasteiger partial charge in [0.05, 0.1) is 0 Å². The molecule has 2 heteroatoms. The zero-order valence-corrected chi connectivity index (χ0v) is 8.79. The smallest absolute Gasteiger partial charge is 0.0300 e. The SMILES string of the molecule is CC1(NCCc2cccnc2)CCC1. The van der Waals surface area contributed by atoms with E-state index in [0.717, 1.165) is 13.0 Å². The molecule has 0 aliphatic heterocycles. The van der Waals surface area contributed by atoms with Crippen LogP contribution in [0.1, 0.15) is 31.7 Å². The van der Waals surface area contributed by atoms with Crippen molar-refractivity contribution in [2.75, 3.05) is 6.54 Å². The summed E-state index contributed by atoms with van der Waals surface area (Å²) < 4.78 is 0. The lowest BCUT2D eigenvalue weighted by atomic mass is 9.78. The van der Waals surface area contributed by atoms with Crippen molar-refractivity contribution in [1.82, 2.24) is 10.3 Å². The zero-order chi connectivity index (χ0) is 9.86. The van der Waals surface area contributed by atoms with Gasteiger partial charge in [0.15, 0.2) is 0 Å². The summed E-state index contributed by atoms with van der Waals surface area (Å²) in [6, 6.07) is 4.14. The monoisotopic (exact) mass is 190 g/mol. The van der Waals surface area contributed by atoms with Crippen molar-refractivity contribution < 1.29 is 0 Å². The standard InChI is InChI=1S/C12H18N2/c1-12(6-3-7-12)14-9-5-11-4-2-8-13-10-11/h2,4,8,10,14H,3,5-7,9H2,1H3. The van der Waals surface area contributed by atoms with Gasteiger partial charge >= 0.3 is 0 Å². The fourth-order valence-corrected chi connectivity index (χ4v) is 1.94. The average molecular weight is 190 g/mol. The van der Waals surface area contributed by atoms with E-state index in [1.54, 1.807) is 0 Å². The second-order valence-corrected chi connectivity index (χ2v) is 4.45. The fraction of sp³-hybridized carbons (Fsp3) is 0.583. The van der Waals surface area contributed by atoms with Crippen LogP contribution in [0.3, 0.4) is 0 Å². The largest absolute Gasteiger partial charge is 0.311 e. The van der Waals surface area contributed by atoms with Crippen molar-refractivity contribution in [3.05, 3.63) is 30.1 Å². The van der Waals surface area contributed by atoms with Gasteiger partial charge in [0, 0.05) is 17.9 Å². The Morgan fingerprint density at radius 2 is 2.36 bits per heavy atom. The molecule has 1 N–H and O–H groups in total. The van der Waals surface area contributed by atoms with Crippen LogP contribution in [0.15, 0.2) is 24.5 Å². The second kappa shape index (κ2) is 4.09. The van der Waals surface area contributed by atoms with E-state index in [1.807, 2.05) is 18.5 Å². The molecule has 0 spiro atoms. The predicted molar refractivity (Wildman–Crippen MR) is 58.2 cm³/mol. The maximum absolute atomic E-state index is 4.11. The first-order chi connectivity index (χ1) is 6.79. The van der Waals surface area contributed by atoms with Crippen molar-refractivity contribution in [2.45, 2.75) is 38.1 Å². The van der Waals surface area contributed by atoms with Gasteiger partial charge in [0.1, 0.15) is 0 Å². The van der Waals surface area contributed by atoms with Crippen molar-refractivity contribution in [2.24, 2.45) is 0 Å². The Bertz CT molecular complexity index is 278. The van der Waals surface area contributed by atoms with Gasteiger partial charge in [0.2, 0.25) is 0 Å². The Morgan fingerprint density at radius 1 is 1.50 bits per heavy atom. The average Bonchev–Trinajstić information content (AvgIpc) is 2.17. The third-order valence-electron chi connectivity index (χ3n) is 3.15. The number of aromatic nitrogens is 1. The number of nitrogens with one attached hydrogen (secondary N) is 1. The molecule has 2 nitrogen and oxygen atoms in total. The van der Waals surface area contributed by atoms with Crippen LogP contribution < -0.4 is 5.32 Å². The molecule has 0 atom stereocenters. The van der Waals surface area contributed by atoms with E-state index in [-0.39, 0.29) is 0 Å². The molecule has 0 bridgehead atoms. The van der Waals surface area contributed by atoms with Gasteiger partial charge in [-0.1, -0.05) is 6.07 Å². The Morgan fingerprint density at radius 3 is 2.93 bits per heavy atom. The lowest BCUT2D eigenvalue weighted by Crippen LogP contribution is -2.48. The quantitative estimate of drug-likeness (QED) is 0.787. The Balaban J connectivity index is 1.73. The number of pyridine rings is 1. The Labute approximate surface area is 85.7 Å².